The summed E-state index contributed by atoms with van der Waals surface area (Å²) in [5, 5.41) is 0. The van der Waals surface area contributed by atoms with E-state index in [1.165, 1.54) is 24.0 Å². The lowest BCUT2D eigenvalue weighted by Gasteiger charge is -2.16. The van der Waals surface area contributed by atoms with Crippen LogP contribution in [0.3, 0.4) is 0 Å². The van der Waals surface area contributed by atoms with Crippen molar-refractivity contribution < 1.29 is 4.74 Å². The quantitative estimate of drug-likeness (QED) is 0.807. The third-order valence-corrected chi connectivity index (χ3v) is 4.41. The maximum absolute atomic E-state index is 6.19. The lowest BCUT2D eigenvalue weighted by atomic mass is 9.99. The molecule has 0 N–H and O–H groups in total. The van der Waals surface area contributed by atoms with Crippen molar-refractivity contribution in [3.63, 3.8) is 0 Å². The predicted molar refractivity (Wildman–Crippen MR) is 93.7 cm³/mol. The van der Waals surface area contributed by atoms with Gasteiger partial charge in [-0.1, -0.05) is 19.4 Å². The van der Waals surface area contributed by atoms with Crippen molar-refractivity contribution in [2.24, 2.45) is 0 Å². The summed E-state index contributed by atoms with van der Waals surface area (Å²) < 4.78 is 6.19. The molecule has 0 bridgehead atoms. The molecule has 0 saturated carbocycles. The van der Waals surface area contributed by atoms with E-state index in [2.05, 4.69) is 48.3 Å². The van der Waals surface area contributed by atoms with Gasteiger partial charge in [-0.25, -0.2) is 4.98 Å². The molecule has 0 spiro atoms. The lowest BCUT2D eigenvalue weighted by Crippen LogP contribution is -2.21. The van der Waals surface area contributed by atoms with Crippen LogP contribution < -0.4 is 4.74 Å². The smallest absolute Gasteiger partial charge is 0.120 e. The first-order valence-corrected chi connectivity index (χ1v) is 8.58. The number of ether oxygens (including phenoxy) is 1. The van der Waals surface area contributed by atoms with Crippen LogP contribution in [-0.4, -0.2) is 36.1 Å². The number of likely N-dealkylation sites (tertiary alicyclic amines) is 1. The number of rotatable bonds is 6. The monoisotopic (exact) mass is 309 g/mol. The van der Waals surface area contributed by atoms with Gasteiger partial charge in [-0.3, -0.25) is 0 Å². The molecule has 1 aromatic heterocycles. The van der Waals surface area contributed by atoms with Gasteiger partial charge < -0.3 is 9.64 Å². The number of hydrogen-bond acceptors (Lipinski definition) is 3. The Labute approximate surface area is 139 Å². The van der Waals surface area contributed by atoms with Gasteiger partial charge in [0.25, 0.3) is 0 Å². The van der Waals surface area contributed by atoms with Crippen molar-refractivity contribution in [1.29, 1.82) is 0 Å². The Kier molecular flexibility index (Phi) is 5.29. The fourth-order valence-electron chi connectivity index (χ4n) is 3.13. The summed E-state index contributed by atoms with van der Waals surface area (Å²) in [7, 11) is 2.15. The summed E-state index contributed by atoms with van der Waals surface area (Å²) in [4.78, 5) is 6.71. The molecule has 2 heterocycles. The van der Waals surface area contributed by atoms with Crippen molar-refractivity contribution in [3.8, 4) is 17.0 Å². The largest absolute Gasteiger partial charge is 0.489 e. The van der Waals surface area contributed by atoms with Gasteiger partial charge in [0.05, 0.1) is 11.9 Å². The van der Waals surface area contributed by atoms with Crippen molar-refractivity contribution >= 4 is 0 Å². The fourth-order valence-corrected chi connectivity index (χ4v) is 3.13. The molecule has 3 rings (SSSR count). The zero-order chi connectivity index (χ0) is 16.1. The summed E-state index contributed by atoms with van der Waals surface area (Å²) in [6, 6.07) is 12.3. The number of unbranched alkanes of at least 4 members (excludes halogenated alkanes) is 1. The summed E-state index contributed by atoms with van der Waals surface area (Å²) in [6.07, 6.45) is 7.78. The van der Waals surface area contributed by atoms with Crippen molar-refractivity contribution in [1.82, 2.24) is 9.88 Å². The van der Waals surface area contributed by atoms with E-state index < -0.39 is 0 Å². The molecule has 2 aromatic rings. The number of nitrogens with zero attached hydrogens (tertiary/aromatic N) is 2. The molecule has 3 nitrogen and oxygen atoms in total. The van der Waals surface area contributed by atoms with E-state index in [0.717, 1.165) is 37.4 Å². The highest BCUT2D eigenvalue weighted by Gasteiger charge is 2.21. The Bertz CT molecular complexity index is 627. The first kappa shape index (κ1) is 16.0. The second-order valence-corrected chi connectivity index (χ2v) is 6.37. The molecule has 23 heavy (non-hydrogen) atoms. The number of hydrogen-bond donors (Lipinski definition) is 0. The first-order chi connectivity index (χ1) is 11.3. The third kappa shape index (κ3) is 4.11. The Morgan fingerprint density at radius 3 is 2.96 bits per heavy atom. The van der Waals surface area contributed by atoms with Gasteiger partial charge in [-0.05, 0) is 62.2 Å². The summed E-state index contributed by atoms with van der Waals surface area (Å²) in [6.45, 7) is 4.36. The van der Waals surface area contributed by atoms with E-state index in [1.807, 2.05) is 18.2 Å². The minimum Gasteiger partial charge on any atom is -0.489 e. The van der Waals surface area contributed by atoms with Crippen LogP contribution in [0.1, 0.15) is 31.7 Å². The Morgan fingerprint density at radius 1 is 1.35 bits per heavy atom. The fraction of sp³-hybridized carbons (Fsp3) is 0.450. The van der Waals surface area contributed by atoms with E-state index >= 15 is 0 Å². The molecule has 0 aliphatic carbocycles. The first-order valence-electron chi connectivity index (χ1n) is 8.58. The standard InChI is InChI=1S/C20H25N2O/c1-3-4-7-16-14-17(23-18-11-13-22(2)15-18)9-10-19(16)20-8-5-6-12-21-20/h5-6,8-10,14,18H,3-4,7,11,13,15H2,1-2H3. The highest BCUT2D eigenvalue weighted by molar-refractivity contribution is 5.64. The average molecular weight is 309 g/mol. The van der Waals surface area contributed by atoms with Gasteiger partial charge in [-0.2, -0.15) is 0 Å². The van der Waals surface area contributed by atoms with E-state index in [4.69, 9.17) is 4.74 Å². The second kappa shape index (κ2) is 7.60. The molecule has 1 unspecified atom stereocenters. The van der Waals surface area contributed by atoms with E-state index in [1.54, 1.807) is 0 Å². The van der Waals surface area contributed by atoms with Gasteiger partial charge >= 0.3 is 0 Å². The highest BCUT2D eigenvalue weighted by atomic mass is 16.5. The van der Waals surface area contributed by atoms with Crippen LogP contribution in [-0.2, 0) is 6.42 Å². The molecule has 121 valence electrons. The molecule has 1 fully saturated rings. The minimum atomic E-state index is 0.313. The summed E-state index contributed by atoms with van der Waals surface area (Å²) in [5.41, 5.74) is 3.51. The number of pyridine rings is 1. The van der Waals surface area contributed by atoms with Gasteiger partial charge in [0.15, 0.2) is 0 Å². The number of aryl methyl sites for hydroxylation is 1. The average Bonchev–Trinajstić information content (AvgIpc) is 2.99. The maximum atomic E-state index is 6.19. The minimum absolute atomic E-state index is 0.313. The molecule has 1 aromatic carbocycles. The van der Waals surface area contributed by atoms with Crippen LogP contribution in [0.25, 0.3) is 11.3 Å². The van der Waals surface area contributed by atoms with Crippen molar-refractivity contribution in [2.75, 3.05) is 20.1 Å². The molecule has 1 aliphatic rings. The predicted octanol–water partition coefficient (Wildman–Crippen LogP) is 3.97. The number of likely N-dealkylation sites (N-methyl/N-ethyl adjacent to an activating group) is 1. The van der Waals surface area contributed by atoms with Gasteiger partial charge in [0, 0.05) is 18.7 Å². The molecule has 1 radical (unpaired) electrons. The molecule has 3 heteroatoms. The normalized spacial score (nSPS) is 18.3. The van der Waals surface area contributed by atoms with Crippen LogP contribution in [0.2, 0.25) is 0 Å². The highest BCUT2D eigenvalue weighted by Crippen LogP contribution is 2.28. The van der Waals surface area contributed by atoms with Crippen LogP contribution in [0, 0.1) is 6.20 Å². The van der Waals surface area contributed by atoms with Crippen molar-refractivity contribution in [3.05, 3.63) is 48.2 Å². The number of benzene rings is 1. The molecule has 0 amide bonds. The molecule has 1 saturated heterocycles. The SMILES string of the molecule is CCCCc1cc(OC2CCN(C)C2)ccc1-c1ccc[c]n1. The maximum Gasteiger partial charge on any atom is 0.120 e. The lowest BCUT2D eigenvalue weighted by molar-refractivity contribution is 0.208. The Balaban J connectivity index is 1.83. The molecule has 1 aliphatic heterocycles. The Hall–Kier alpha value is -1.87. The summed E-state index contributed by atoms with van der Waals surface area (Å²) >= 11 is 0. The topological polar surface area (TPSA) is 25.4 Å². The molecule has 1 atom stereocenters. The van der Waals surface area contributed by atoms with Crippen molar-refractivity contribution in [2.45, 2.75) is 38.7 Å². The van der Waals surface area contributed by atoms with Crippen LogP contribution in [0.4, 0.5) is 0 Å². The summed E-state index contributed by atoms with van der Waals surface area (Å²) in [5.74, 6) is 0.986. The third-order valence-electron chi connectivity index (χ3n) is 4.41. The van der Waals surface area contributed by atoms with E-state index in [-0.39, 0.29) is 0 Å². The van der Waals surface area contributed by atoms with Gasteiger partial charge in [0.2, 0.25) is 0 Å². The van der Waals surface area contributed by atoms with Crippen LogP contribution in [0.15, 0.2) is 36.4 Å². The van der Waals surface area contributed by atoms with E-state index in [9.17, 15) is 0 Å². The van der Waals surface area contributed by atoms with Crippen LogP contribution in [0.5, 0.6) is 5.75 Å². The van der Waals surface area contributed by atoms with Gasteiger partial charge in [-0.15, -0.1) is 0 Å². The zero-order valence-electron chi connectivity index (χ0n) is 14.1. The molecular formula is C20H25N2O. The van der Waals surface area contributed by atoms with Crippen LogP contribution >= 0.6 is 0 Å². The molecular weight excluding hydrogens is 284 g/mol. The van der Waals surface area contributed by atoms with Gasteiger partial charge in [0.1, 0.15) is 11.9 Å². The Morgan fingerprint density at radius 2 is 2.26 bits per heavy atom. The number of aromatic nitrogens is 1. The van der Waals surface area contributed by atoms with E-state index in [0.29, 0.717) is 6.10 Å². The zero-order valence-corrected chi connectivity index (χ0v) is 14.1. The second-order valence-electron chi connectivity index (χ2n) is 6.37.